The molecular formula is C17H12F4N4O. The number of aromatic hydroxyl groups is 1. The van der Waals surface area contributed by atoms with E-state index in [4.69, 9.17) is 11.5 Å². The summed E-state index contributed by atoms with van der Waals surface area (Å²) in [6, 6.07) is 7.86. The molecule has 0 aliphatic heterocycles. The number of nitrogen functional groups attached to an aromatic ring is 2. The van der Waals surface area contributed by atoms with E-state index in [1.54, 1.807) is 0 Å². The summed E-state index contributed by atoms with van der Waals surface area (Å²) in [6.07, 6.45) is -4.67. The minimum absolute atomic E-state index is 0.0170. The fraction of sp³-hybridized carbons (Fsp3) is 0.0588. The maximum Gasteiger partial charge on any atom is 0.416 e. The van der Waals surface area contributed by atoms with E-state index in [1.165, 1.54) is 24.3 Å². The van der Waals surface area contributed by atoms with Crippen LogP contribution in [-0.2, 0) is 6.18 Å². The van der Waals surface area contributed by atoms with Gasteiger partial charge in [0.1, 0.15) is 17.3 Å². The van der Waals surface area contributed by atoms with Gasteiger partial charge in [-0.1, -0.05) is 0 Å². The quantitative estimate of drug-likeness (QED) is 0.600. The van der Waals surface area contributed by atoms with Crippen LogP contribution in [0.2, 0.25) is 0 Å². The van der Waals surface area contributed by atoms with E-state index in [9.17, 15) is 22.7 Å². The summed E-state index contributed by atoms with van der Waals surface area (Å²) in [5.41, 5.74) is 10.8. The molecule has 3 rings (SSSR count). The number of nitrogens with zero attached hydrogens (tertiary/aromatic N) is 2. The Labute approximate surface area is 144 Å². The van der Waals surface area contributed by atoms with E-state index in [0.717, 1.165) is 12.1 Å². The predicted molar refractivity (Wildman–Crippen MR) is 88.4 cm³/mol. The summed E-state index contributed by atoms with van der Waals surface area (Å²) in [6.45, 7) is 0. The van der Waals surface area contributed by atoms with Crippen molar-refractivity contribution >= 4 is 11.6 Å². The minimum atomic E-state index is -4.67. The molecule has 0 aliphatic rings. The monoisotopic (exact) mass is 364 g/mol. The largest absolute Gasteiger partial charge is 0.508 e. The van der Waals surface area contributed by atoms with Gasteiger partial charge in [0.2, 0.25) is 5.95 Å². The predicted octanol–water partition coefficient (Wildman–Crippen LogP) is 3.84. The summed E-state index contributed by atoms with van der Waals surface area (Å²) < 4.78 is 52.4. The molecule has 5 nitrogen and oxygen atoms in total. The Balaban J connectivity index is 2.16. The molecule has 9 heteroatoms. The van der Waals surface area contributed by atoms with Crippen LogP contribution in [0.15, 0.2) is 42.5 Å². The molecule has 0 aliphatic carbocycles. The van der Waals surface area contributed by atoms with Crippen LogP contribution >= 0.6 is 0 Å². The molecule has 0 saturated heterocycles. The molecule has 0 amide bonds. The van der Waals surface area contributed by atoms with Crippen molar-refractivity contribution in [1.29, 1.82) is 0 Å². The fourth-order valence-electron chi connectivity index (χ4n) is 2.41. The first-order valence-corrected chi connectivity index (χ1v) is 7.26. The zero-order valence-corrected chi connectivity index (χ0v) is 13.0. The van der Waals surface area contributed by atoms with Crippen molar-refractivity contribution in [2.75, 3.05) is 11.5 Å². The zero-order chi connectivity index (χ0) is 19.1. The Morgan fingerprint density at radius 3 is 2.08 bits per heavy atom. The molecule has 1 aromatic heterocycles. The fourth-order valence-corrected chi connectivity index (χ4v) is 2.41. The highest BCUT2D eigenvalue weighted by atomic mass is 19.4. The molecule has 2 aromatic carbocycles. The lowest BCUT2D eigenvalue weighted by Gasteiger charge is -2.13. The number of benzene rings is 2. The summed E-state index contributed by atoms with van der Waals surface area (Å²) in [5.74, 6) is -1.35. The molecule has 26 heavy (non-hydrogen) atoms. The molecule has 5 N–H and O–H groups in total. The molecule has 134 valence electrons. The summed E-state index contributed by atoms with van der Waals surface area (Å²) in [5, 5.41) is 9.36. The summed E-state index contributed by atoms with van der Waals surface area (Å²) in [7, 11) is 0. The van der Waals surface area contributed by atoms with Gasteiger partial charge >= 0.3 is 6.18 Å². The van der Waals surface area contributed by atoms with Gasteiger partial charge in [0, 0.05) is 11.1 Å². The average molecular weight is 364 g/mol. The highest BCUT2D eigenvalue weighted by Crippen LogP contribution is 2.37. The second-order valence-corrected chi connectivity index (χ2v) is 5.43. The lowest BCUT2D eigenvalue weighted by atomic mass is 10.0. The van der Waals surface area contributed by atoms with Crippen molar-refractivity contribution in [3.8, 4) is 28.3 Å². The maximum absolute atomic E-state index is 14.3. The van der Waals surface area contributed by atoms with E-state index in [2.05, 4.69) is 9.97 Å². The van der Waals surface area contributed by atoms with Crippen LogP contribution in [0.3, 0.4) is 0 Å². The third-order valence-corrected chi connectivity index (χ3v) is 3.66. The highest BCUT2D eigenvalue weighted by Gasteiger charge is 2.31. The standard InChI is InChI=1S/C17H12F4N4O/c18-12-7-9(17(19,20)21)3-6-11(12)15-13(22)14(24-16(23)25-15)8-1-4-10(26)5-2-8/h1-7,26H,22H2,(H2,23,24,25). The second-order valence-electron chi connectivity index (χ2n) is 5.43. The number of hydrogen-bond donors (Lipinski definition) is 3. The Morgan fingerprint density at radius 1 is 0.885 bits per heavy atom. The number of hydrogen-bond acceptors (Lipinski definition) is 5. The number of rotatable bonds is 2. The number of alkyl halides is 3. The van der Waals surface area contributed by atoms with Crippen LogP contribution < -0.4 is 11.5 Å². The third-order valence-electron chi connectivity index (χ3n) is 3.66. The maximum atomic E-state index is 14.3. The number of anilines is 2. The topological polar surface area (TPSA) is 98.0 Å². The molecule has 0 bridgehead atoms. The van der Waals surface area contributed by atoms with Crippen molar-refractivity contribution in [3.63, 3.8) is 0 Å². The number of nitrogens with two attached hydrogens (primary N) is 2. The minimum Gasteiger partial charge on any atom is -0.508 e. The van der Waals surface area contributed by atoms with Crippen molar-refractivity contribution in [2.45, 2.75) is 6.18 Å². The zero-order valence-electron chi connectivity index (χ0n) is 13.0. The lowest BCUT2D eigenvalue weighted by molar-refractivity contribution is -0.137. The van der Waals surface area contributed by atoms with Crippen LogP contribution in [0.1, 0.15) is 5.56 Å². The Morgan fingerprint density at radius 2 is 1.50 bits per heavy atom. The number of aromatic nitrogens is 2. The average Bonchev–Trinajstić information content (AvgIpc) is 2.57. The number of phenols is 1. The Kier molecular flexibility index (Phi) is 4.15. The molecule has 0 spiro atoms. The van der Waals surface area contributed by atoms with Crippen molar-refractivity contribution in [3.05, 3.63) is 53.8 Å². The first-order valence-electron chi connectivity index (χ1n) is 7.26. The molecular weight excluding hydrogens is 352 g/mol. The molecule has 0 radical (unpaired) electrons. The van der Waals surface area contributed by atoms with Gasteiger partial charge in [-0.2, -0.15) is 13.2 Å². The molecule has 0 atom stereocenters. The number of halogens is 4. The first-order chi connectivity index (χ1) is 12.2. The molecule has 3 aromatic rings. The normalized spacial score (nSPS) is 11.5. The van der Waals surface area contributed by atoms with Gasteiger partial charge in [0.15, 0.2) is 0 Å². The number of phenolic OH excluding ortho intramolecular Hbond substituents is 1. The van der Waals surface area contributed by atoms with Gasteiger partial charge in [0.25, 0.3) is 0 Å². The summed E-state index contributed by atoms with van der Waals surface area (Å²) >= 11 is 0. The van der Waals surface area contributed by atoms with Crippen LogP contribution in [0.25, 0.3) is 22.5 Å². The molecule has 0 unspecified atom stereocenters. The van der Waals surface area contributed by atoms with Crippen LogP contribution in [0, 0.1) is 5.82 Å². The Bertz CT molecular complexity index is 972. The van der Waals surface area contributed by atoms with Crippen molar-refractivity contribution < 1.29 is 22.7 Å². The van der Waals surface area contributed by atoms with E-state index < -0.39 is 17.6 Å². The van der Waals surface area contributed by atoms with Crippen LogP contribution in [0.4, 0.5) is 29.2 Å². The van der Waals surface area contributed by atoms with Crippen LogP contribution in [0.5, 0.6) is 5.75 Å². The van der Waals surface area contributed by atoms with Gasteiger partial charge in [-0.05, 0) is 42.5 Å². The van der Waals surface area contributed by atoms with Crippen molar-refractivity contribution in [2.24, 2.45) is 0 Å². The lowest BCUT2D eigenvalue weighted by Crippen LogP contribution is -2.08. The highest BCUT2D eigenvalue weighted by molar-refractivity contribution is 5.85. The smallest absolute Gasteiger partial charge is 0.416 e. The van der Waals surface area contributed by atoms with Gasteiger partial charge in [0.05, 0.1) is 16.9 Å². The molecule has 0 saturated carbocycles. The third kappa shape index (κ3) is 3.23. The van der Waals surface area contributed by atoms with Gasteiger partial charge in [-0.25, -0.2) is 14.4 Å². The van der Waals surface area contributed by atoms with E-state index >= 15 is 0 Å². The van der Waals surface area contributed by atoms with E-state index in [1.807, 2.05) is 0 Å². The van der Waals surface area contributed by atoms with Gasteiger partial charge in [-0.15, -0.1) is 0 Å². The summed E-state index contributed by atoms with van der Waals surface area (Å²) in [4.78, 5) is 7.87. The van der Waals surface area contributed by atoms with E-state index in [-0.39, 0.29) is 34.3 Å². The van der Waals surface area contributed by atoms with Gasteiger partial charge < -0.3 is 16.6 Å². The Hall–Kier alpha value is -3.36. The van der Waals surface area contributed by atoms with Crippen LogP contribution in [-0.4, -0.2) is 15.1 Å². The van der Waals surface area contributed by atoms with Crippen molar-refractivity contribution in [1.82, 2.24) is 9.97 Å². The molecule has 0 fully saturated rings. The van der Waals surface area contributed by atoms with Gasteiger partial charge in [-0.3, -0.25) is 0 Å². The SMILES string of the molecule is Nc1nc(-c2ccc(O)cc2)c(N)c(-c2ccc(C(F)(F)F)cc2F)n1. The molecule has 1 heterocycles. The second kappa shape index (κ2) is 6.17. The first kappa shape index (κ1) is 17.5. The van der Waals surface area contributed by atoms with E-state index in [0.29, 0.717) is 11.6 Å².